The van der Waals surface area contributed by atoms with Crippen LogP contribution in [0.4, 0.5) is 10.2 Å². The predicted octanol–water partition coefficient (Wildman–Crippen LogP) is 2.88. The normalized spacial score (nSPS) is 21.1. The Hall–Kier alpha value is -2.91. The van der Waals surface area contributed by atoms with Crippen LogP contribution in [-0.2, 0) is 10.0 Å². The predicted molar refractivity (Wildman–Crippen MR) is 108 cm³/mol. The lowest BCUT2D eigenvalue weighted by Crippen LogP contribution is -2.54. The zero-order valence-corrected chi connectivity index (χ0v) is 17.1. The average Bonchev–Trinajstić information content (AvgIpc) is 2.98. The maximum atomic E-state index is 13.5. The summed E-state index contributed by atoms with van der Waals surface area (Å²) in [6.45, 7) is 3.57. The number of aromatic nitrogens is 2. The molecule has 1 unspecified atom stereocenters. The Labute approximate surface area is 172 Å². The average molecular weight is 434 g/mol. The standard InChI is InChI=1S/C19H17ClFN5O2S/c1-11-3-5-13(6-4-11)29(27,28)26-10-14(18-23-9-16(21)17(22)25-18)15-7-12(20)8-24-19(15,26)2/h3-10,24H,1-2H3,(H2,22,23,25). The van der Waals surface area contributed by atoms with E-state index in [1.807, 2.05) is 6.92 Å². The van der Waals surface area contributed by atoms with E-state index in [9.17, 15) is 12.8 Å². The van der Waals surface area contributed by atoms with Gasteiger partial charge in [-0.3, -0.25) is 0 Å². The number of sulfonamides is 1. The number of nitrogens with one attached hydrogen (secondary N) is 1. The quantitative estimate of drug-likeness (QED) is 0.771. The van der Waals surface area contributed by atoms with Crippen molar-refractivity contribution in [3.05, 3.63) is 76.7 Å². The molecule has 3 heterocycles. The highest BCUT2D eigenvalue weighted by Gasteiger charge is 2.49. The summed E-state index contributed by atoms with van der Waals surface area (Å²) in [6.07, 6.45) is 5.49. The van der Waals surface area contributed by atoms with Crippen molar-refractivity contribution in [1.29, 1.82) is 0 Å². The molecule has 0 fully saturated rings. The molecule has 0 aliphatic carbocycles. The van der Waals surface area contributed by atoms with Gasteiger partial charge >= 0.3 is 0 Å². The van der Waals surface area contributed by atoms with Gasteiger partial charge in [0.2, 0.25) is 0 Å². The molecule has 0 spiro atoms. The number of aryl methyl sites for hydroxylation is 1. The van der Waals surface area contributed by atoms with Crippen LogP contribution in [-0.4, -0.2) is 28.4 Å². The molecule has 4 rings (SSSR count). The monoisotopic (exact) mass is 433 g/mol. The molecule has 0 saturated heterocycles. The topological polar surface area (TPSA) is 101 Å². The van der Waals surface area contributed by atoms with E-state index in [1.165, 1.54) is 16.7 Å². The van der Waals surface area contributed by atoms with Gasteiger partial charge in [0.15, 0.2) is 17.5 Å². The number of anilines is 1. The van der Waals surface area contributed by atoms with E-state index in [0.29, 0.717) is 16.2 Å². The number of nitrogens with zero attached hydrogens (tertiary/aromatic N) is 3. The lowest BCUT2D eigenvalue weighted by molar-refractivity contribution is 0.299. The molecular formula is C19H17ClFN5O2S. The number of fused-ring (bicyclic) bond motifs is 1. The van der Waals surface area contributed by atoms with Gasteiger partial charge in [0.25, 0.3) is 10.0 Å². The Morgan fingerprint density at radius 3 is 2.62 bits per heavy atom. The van der Waals surface area contributed by atoms with Gasteiger partial charge in [0.05, 0.1) is 16.1 Å². The van der Waals surface area contributed by atoms with Gasteiger partial charge in [0.1, 0.15) is 5.66 Å². The molecule has 7 nitrogen and oxygen atoms in total. The molecule has 1 aromatic carbocycles. The second-order valence-electron chi connectivity index (χ2n) is 6.89. The van der Waals surface area contributed by atoms with Crippen molar-refractivity contribution in [3.63, 3.8) is 0 Å². The number of hydrogen-bond donors (Lipinski definition) is 2. The summed E-state index contributed by atoms with van der Waals surface area (Å²) in [4.78, 5) is 8.08. The minimum atomic E-state index is -3.94. The maximum Gasteiger partial charge on any atom is 0.266 e. The third-order valence-electron chi connectivity index (χ3n) is 4.87. The molecule has 2 aliphatic rings. The Balaban J connectivity index is 1.90. The van der Waals surface area contributed by atoms with Gasteiger partial charge in [0, 0.05) is 23.5 Å². The van der Waals surface area contributed by atoms with Crippen molar-refractivity contribution < 1.29 is 12.8 Å². The number of rotatable bonds is 3. The van der Waals surface area contributed by atoms with Crippen LogP contribution in [0.25, 0.3) is 5.57 Å². The fourth-order valence-electron chi connectivity index (χ4n) is 3.27. The Bertz CT molecular complexity index is 1210. The maximum absolute atomic E-state index is 13.5. The summed E-state index contributed by atoms with van der Waals surface area (Å²) in [7, 11) is -3.94. The summed E-state index contributed by atoms with van der Waals surface area (Å²) >= 11 is 6.15. The highest BCUT2D eigenvalue weighted by atomic mass is 35.5. The second kappa shape index (κ2) is 6.57. The minimum absolute atomic E-state index is 0.0937. The molecule has 1 aromatic heterocycles. The zero-order chi connectivity index (χ0) is 21.0. The number of dihydropyridines is 1. The number of benzene rings is 1. The summed E-state index contributed by atoms with van der Waals surface area (Å²) in [6, 6.07) is 6.53. The molecule has 0 bridgehead atoms. The number of hydrogen-bond acceptors (Lipinski definition) is 6. The van der Waals surface area contributed by atoms with Crippen LogP contribution in [0.5, 0.6) is 0 Å². The van der Waals surface area contributed by atoms with Crippen molar-refractivity contribution in [2.24, 2.45) is 0 Å². The van der Waals surface area contributed by atoms with Gasteiger partial charge in [-0.25, -0.2) is 27.1 Å². The van der Waals surface area contributed by atoms with E-state index in [4.69, 9.17) is 17.3 Å². The van der Waals surface area contributed by atoms with E-state index in [-0.39, 0.29) is 16.5 Å². The molecule has 2 aliphatic heterocycles. The van der Waals surface area contributed by atoms with E-state index in [2.05, 4.69) is 15.3 Å². The van der Waals surface area contributed by atoms with Crippen molar-refractivity contribution >= 4 is 33.0 Å². The molecule has 0 saturated carbocycles. The lowest BCUT2D eigenvalue weighted by atomic mass is 9.95. The van der Waals surface area contributed by atoms with E-state index < -0.39 is 21.5 Å². The summed E-state index contributed by atoms with van der Waals surface area (Å²) in [5, 5.41) is 3.41. The third kappa shape index (κ3) is 3.06. The molecule has 2 aromatic rings. The fourth-order valence-corrected chi connectivity index (χ4v) is 5.01. The van der Waals surface area contributed by atoms with Crippen molar-refractivity contribution in [2.45, 2.75) is 24.4 Å². The first-order valence-electron chi connectivity index (χ1n) is 8.60. The molecule has 0 amide bonds. The molecule has 29 heavy (non-hydrogen) atoms. The van der Waals surface area contributed by atoms with Crippen LogP contribution in [0.15, 0.2) is 64.4 Å². The van der Waals surface area contributed by atoms with Crippen molar-refractivity contribution in [3.8, 4) is 0 Å². The Morgan fingerprint density at radius 1 is 1.28 bits per heavy atom. The van der Waals surface area contributed by atoms with Crippen LogP contribution >= 0.6 is 11.6 Å². The molecule has 0 radical (unpaired) electrons. The van der Waals surface area contributed by atoms with Crippen molar-refractivity contribution in [1.82, 2.24) is 19.6 Å². The van der Waals surface area contributed by atoms with Gasteiger partial charge in [-0.1, -0.05) is 29.3 Å². The summed E-state index contributed by atoms with van der Waals surface area (Å²) < 4.78 is 41.6. The van der Waals surface area contributed by atoms with E-state index in [1.54, 1.807) is 37.3 Å². The van der Waals surface area contributed by atoms with Gasteiger partial charge in [-0.15, -0.1) is 0 Å². The summed E-state index contributed by atoms with van der Waals surface area (Å²) in [5.41, 5.74) is 6.24. The van der Waals surface area contributed by atoms with E-state index >= 15 is 0 Å². The first-order chi connectivity index (χ1) is 13.6. The van der Waals surface area contributed by atoms with Crippen LogP contribution in [0.3, 0.4) is 0 Å². The fraction of sp³-hybridized carbons (Fsp3) is 0.158. The number of nitrogens with two attached hydrogens (primary N) is 1. The smallest absolute Gasteiger partial charge is 0.266 e. The zero-order valence-electron chi connectivity index (χ0n) is 15.5. The largest absolute Gasteiger partial charge is 0.381 e. The van der Waals surface area contributed by atoms with Gasteiger partial charge in [-0.2, -0.15) is 0 Å². The highest BCUT2D eigenvalue weighted by Crippen LogP contribution is 2.45. The SMILES string of the molecule is Cc1ccc(S(=O)(=O)N2C=C(c3ncc(F)c(N)n3)C3=CC(Cl)=CNC32C)cc1. The minimum Gasteiger partial charge on any atom is -0.381 e. The highest BCUT2D eigenvalue weighted by molar-refractivity contribution is 7.89. The number of allylic oxidation sites excluding steroid dienone is 2. The molecular weight excluding hydrogens is 417 g/mol. The Morgan fingerprint density at radius 2 is 1.97 bits per heavy atom. The van der Waals surface area contributed by atoms with Crippen LogP contribution < -0.4 is 11.1 Å². The van der Waals surface area contributed by atoms with E-state index in [0.717, 1.165) is 11.8 Å². The molecule has 3 N–H and O–H groups in total. The lowest BCUT2D eigenvalue weighted by Gasteiger charge is -2.38. The molecule has 150 valence electrons. The first kappa shape index (κ1) is 19.4. The Kier molecular flexibility index (Phi) is 4.39. The third-order valence-corrected chi connectivity index (χ3v) is 6.94. The number of nitrogen functional groups attached to an aromatic ring is 1. The first-order valence-corrected chi connectivity index (χ1v) is 10.4. The van der Waals surface area contributed by atoms with Gasteiger partial charge < -0.3 is 11.1 Å². The van der Waals surface area contributed by atoms with Crippen LogP contribution in [0.2, 0.25) is 0 Å². The second-order valence-corrected chi connectivity index (χ2v) is 9.14. The van der Waals surface area contributed by atoms with Crippen molar-refractivity contribution in [2.75, 3.05) is 5.73 Å². The number of halogens is 2. The molecule has 10 heteroatoms. The van der Waals surface area contributed by atoms with Gasteiger partial charge in [-0.05, 0) is 32.1 Å². The van der Waals surface area contributed by atoms with Crippen LogP contribution in [0.1, 0.15) is 18.3 Å². The molecule has 1 atom stereocenters. The summed E-state index contributed by atoms with van der Waals surface area (Å²) in [5.74, 6) is -0.993. The van der Waals surface area contributed by atoms with Crippen LogP contribution in [0, 0.1) is 12.7 Å².